The second-order valence-corrected chi connectivity index (χ2v) is 6.97. The van der Waals surface area contributed by atoms with Crippen LogP contribution in [0.3, 0.4) is 0 Å². The molecular weight excluding hydrogens is 282 g/mol. The monoisotopic (exact) mass is 296 g/mol. The van der Waals surface area contributed by atoms with Gasteiger partial charge in [-0.15, -0.1) is 0 Å². The summed E-state index contributed by atoms with van der Waals surface area (Å²) in [7, 11) is -3.27. The van der Waals surface area contributed by atoms with E-state index in [1.165, 1.54) is 13.8 Å². The molecule has 0 aliphatic carbocycles. The smallest absolute Gasteiger partial charge is 0.491 e. The van der Waals surface area contributed by atoms with E-state index in [0.717, 1.165) is 12.3 Å². The van der Waals surface area contributed by atoms with Crippen molar-refractivity contribution in [3.8, 4) is 5.75 Å². The molecule has 0 atom stereocenters. The first kappa shape index (κ1) is 15.8. The molecule has 0 unspecified atom stereocenters. The highest BCUT2D eigenvalue weighted by Crippen LogP contribution is 2.13. The minimum Gasteiger partial charge on any atom is -0.491 e. The summed E-state index contributed by atoms with van der Waals surface area (Å²) in [5, 5.41) is -0.543. The van der Waals surface area contributed by atoms with E-state index in [-0.39, 0.29) is 18.1 Å². The molecule has 1 heterocycles. The Labute approximate surface area is 110 Å². The molecule has 4 nitrogen and oxygen atoms in total. The van der Waals surface area contributed by atoms with Gasteiger partial charge >= 0.3 is 6.98 Å². The largest absolute Gasteiger partial charge is 0.511 e. The van der Waals surface area contributed by atoms with Gasteiger partial charge < -0.3 is 17.7 Å². The van der Waals surface area contributed by atoms with Crippen molar-refractivity contribution in [1.29, 1.82) is 0 Å². The fourth-order valence-corrected chi connectivity index (χ4v) is 1.99. The average Bonchev–Trinajstić information content (AvgIpc) is 2.28. The zero-order chi connectivity index (χ0) is 14.7. The quantitative estimate of drug-likeness (QED) is 0.743. The molecule has 0 saturated heterocycles. The molecule has 0 fully saturated rings. The normalized spacial score (nSPS) is 12.7. The molecule has 1 aromatic rings. The number of sulfone groups is 1. The number of rotatable bonds is 6. The van der Waals surface area contributed by atoms with E-state index in [1.807, 2.05) is 0 Å². The van der Waals surface area contributed by atoms with Crippen molar-refractivity contribution >= 4 is 22.3 Å². The van der Waals surface area contributed by atoms with Crippen molar-refractivity contribution in [3.05, 3.63) is 18.5 Å². The molecule has 0 N–H and O–H groups in total. The SMILES string of the molecule is CC(C)S(=O)(=O)CCOc1cncc([B-](F)(F)F)c1. The van der Waals surface area contributed by atoms with Crippen LogP contribution in [-0.4, -0.2) is 38.0 Å². The fraction of sp³-hybridized carbons (Fsp3) is 0.500. The third-order valence-corrected chi connectivity index (χ3v) is 4.64. The maximum atomic E-state index is 12.5. The van der Waals surface area contributed by atoms with Crippen LogP contribution < -0.4 is 10.2 Å². The number of nitrogens with zero attached hydrogens (tertiary/aromatic N) is 1. The second kappa shape index (κ2) is 5.81. The van der Waals surface area contributed by atoms with Crippen LogP contribution in [0.1, 0.15) is 13.8 Å². The van der Waals surface area contributed by atoms with Crippen LogP contribution in [0.4, 0.5) is 12.9 Å². The number of pyridine rings is 1. The van der Waals surface area contributed by atoms with Crippen molar-refractivity contribution in [1.82, 2.24) is 4.98 Å². The van der Waals surface area contributed by atoms with E-state index >= 15 is 0 Å². The van der Waals surface area contributed by atoms with Gasteiger partial charge in [-0.25, -0.2) is 8.42 Å². The lowest BCUT2D eigenvalue weighted by atomic mass is 9.81. The predicted molar refractivity (Wildman–Crippen MR) is 67.4 cm³/mol. The molecule has 0 amide bonds. The summed E-state index contributed by atoms with van der Waals surface area (Å²) in [5.74, 6) is -0.331. The number of ether oxygens (including phenoxy) is 1. The molecule has 0 aliphatic heterocycles. The lowest BCUT2D eigenvalue weighted by Crippen LogP contribution is -2.34. The second-order valence-electron chi connectivity index (χ2n) is 4.29. The van der Waals surface area contributed by atoms with Gasteiger partial charge in [0.15, 0.2) is 9.84 Å². The zero-order valence-corrected chi connectivity index (χ0v) is 11.3. The molecule has 0 aromatic carbocycles. The Morgan fingerprint density at radius 1 is 1.32 bits per heavy atom. The zero-order valence-electron chi connectivity index (χ0n) is 10.5. The maximum absolute atomic E-state index is 12.5. The highest BCUT2D eigenvalue weighted by Gasteiger charge is 2.26. The Morgan fingerprint density at radius 2 is 1.95 bits per heavy atom. The molecule has 0 spiro atoms. The number of hydrogen-bond donors (Lipinski definition) is 0. The van der Waals surface area contributed by atoms with Gasteiger partial charge in [0.25, 0.3) is 0 Å². The minimum absolute atomic E-state index is 0.0874. The average molecular weight is 296 g/mol. The van der Waals surface area contributed by atoms with Crippen molar-refractivity contribution < 1.29 is 26.1 Å². The molecule has 19 heavy (non-hydrogen) atoms. The van der Waals surface area contributed by atoms with E-state index in [9.17, 15) is 21.4 Å². The Morgan fingerprint density at radius 3 is 2.47 bits per heavy atom. The lowest BCUT2D eigenvalue weighted by Gasteiger charge is -2.15. The van der Waals surface area contributed by atoms with Crippen molar-refractivity contribution in [2.24, 2.45) is 0 Å². The Kier molecular flexibility index (Phi) is 4.83. The van der Waals surface area contributed by atoms with Crippen molar-refractivity contribution in [2.45, 2.75) is 19.1 Å². The topological polar surface area (TPSA) is 56.3 Å². The Balaban J connectivity index is 2.65. The first-order valence-corrected chi connectivity index (χ1v) is 7.34. The highest BCUT2D eigenvalue weighted by atomic mass is 32.2. The fourth-order valence-electron chi connectivity index (χ4n) is 1.20. The Bertz CT molecular complexity index is 531. The van der Waals surface area contributed by atoms with Gasteiger partial charge in [-0.1, -0.05) is 5.46 Å². The molecule has 9 heteroatoms. The van der Waals surface area contributed by atoms with Crippen molar-refractivity contribution in [3.63, 3.8) is 0 Å². The summed E-state index contributed by atoms with van der Waals surface area (Å²) in [6, 6.07) is 0.814. The summed E-state index contributed by atoms with van der Waals surface area (Å²) < 4.78 is 65.3. The van der Waals surface area contributed by atoms with Gasteiger partial charge in [0.2, 0.25) is 0 Å². The lowest BCUT2D eigenvalue weighted by molar-refractivity contribution is 0.339. The number of hydrogen-bond acceptors (Lipinski definition) is 4. The summed E-state index contributed by atoms with van der Waals surface area (Å²) in [5.41, 5.74) is -0.871. The molecule has 0 saturated carbocycles. The first-order chi connectivity index (χ1) is 8.63. The van der Waals surface area contributed by atoms with E-state index in [1.54, 1.807) is 0 Å². The van der Waals surface area contributed by atoms with E-state index in [2.05, 4.69) is 4.98 Å². The van der Waals surface area contributed by atoms with Gasteiger partial charge in [-0.05, 0) is 19.9 Å². The highest BCUT2D eigenvalue weighted by molar-refractivity contribution is 7.91. The van der Waals surface area contributed by atoms with Crippen LogP contribution in [0.2, 0.25) is 0 Å². The van der Waals surface area contributed by atoms with Crippen molar-refractivity contribution in [2.75, 3.05) is 12.4 Å². The maximum Gasteiger partial charge on any atom is 0.511 e. The third-order valence-electron chi connectivity index (χ3n) is 2.47. The predicted octanol–water partition coefficient (Wildman–Crippen LogP) is 1.34. The molecule has 1 aromatic heterocycles. The number of halogens is 3. The first-order valence-electron chi connectivity index (χ1n) is 5.62. The number of aromatic nitrogens is 1. The third kappa shape index (κ3) is 4.74. The standard InChI is InChI=1S/C10H14BF3NO3S/c1-8(2)19(16,17)4-3-18-10-5-9(6-15-7-10)11(12,13)14/h5-8H,3-4H2,1-2H3/q-1. The molecule has 0 aliphatic rings. The van der Waals surface area contributed by atoms with Crippen LogP contribution >= 0.6 is 0 Å². The van der Waals surface area contributed by atoms with Crippen LogP contribution in [-0.2, 0) is 9.84 Å². The summed E-state index contributed by atoms with van der Waals surface area (Å²) in [6.07, 6.45) is 1.82. The van der Waals surface area contributed by atoms with E-state index in [0.29, 0.717) is 6.20 Å². The van der Waals surface area contributed by atoms with Crippen LogP contribution in [0.5, 0.6) is 5.75 Å². The minimum atomic E-state index is -5.14. The molecule has 108 valence electrons. The van der Waals surface area contributed by atoms with Gasteiger partial charge in [-0.2, -0.15) is 0 Å². The van der Waals surface area contributed by atoms with Gasteiger partial charge in [0.1, 0.15) is 12.4 Å². The van der Waals surface area contributed by atoms with Gasteiger partial charge in [0, 0.05) is 6.20 Å². The van der Waals surface area contributed by atoms with Crippen LogP contribution in [0.25, 0.3) is 0 Å². The molecule has 1 rings (SSSR count). The van der Waals surface area contributed by atoms with E-state index in [4.69, 9.17) is 4.74 Å². The van der Waals surface area contributed by atoms with Gasteiger partial charge in [0.05, 0.1) is 17.2 Å². The van der Waals surface area contributed by atoms with Crippen LogP contribution in [0.15, 0.2) is 18.5 Å². The Hall–Kier alpha value is -1.25. The molecular formula is C10H14BF3NO3S-. The summed E-state index contributed by atoms with van der Waals surface area (Å²) in [4.78, 5) is 3.42. The molecule has 0 bridgehead atoms. The van der Waals surface area contributed by atoms with Crippen LogP contribution in [0, 0.1) is 0 Å². The van der Waals surface area contributed by atoms with Gasteiger partial charge in [-0.3, -0.25) is 4.98 Å². The van der Waals surface area contributed by atoms with E-state index < -0.39 is 27.5 Å². The summed E-state index contributed by atoms with van der Waals surface area (Å²) in [6.45, 7) is -2.28. The summed E-state index contributed by atoms with van der Waals surface area (Å²) >= 11 is 0. The molecule has 0 radical (unpaired) electrons.